The number of benzene rings is 6. The molecule has 0 heterocycles. The maximum Gasteiger partial charge on any atom is 0.0462 e. The molecule has 39 heavy (non-hydrogen) atoms. The van der Waals surface area contributed by atoms with E-state index in [-0.39, 0.29) is 5.41 Å². The summed E-state index contributed by atoms with van der Waals surface area (Å²) in [7, 11) is 0. The molecule has 0 aliphatic rings. The molecule has 0 spiro atoms. The lowest BCUT2D eigenvalue weighted by molar-refractivity contribution is 0.590. The van der Waals surface area contributed by atoms with Crippen molar-refractivity contribution in [2.24, 2.45) is 0 Å². The van der Waals surface area contributed by atoms with Crippen LogP contribution in [0.25, 0.3) is 33.0 Å². The maximum absolute atomic E-state index is 2.32. The number of anilines is 3. The van der Waals surface area contributed by atoms with Gasteiger partial charge in [0.05, 0.1) is 0 Å². The van der Waals surface area contributed by atoms with E-state index in [2.05, 4.69) is 171 Å². The van der Waals surface area contributed by atoms with Gasteiger partial charge < -0.3 is 4.90 Å². The Morgan fingerprint density at radius 2 is 1.00 bits per heavy atom. The number of hydrogen-bond acceptors (Lipinski definition) is 1. The van der Waals surface area contributed by atoms with Crippen LogP contribution in [0.1, 0.15) is 26.3 Å². The highest BCUT2D eigenvalue weighted by Gasteiger charge is 2.16. The van der Waals surface area contributed by atoms with Gasteiger partial charge in [-0.05, 0) is 80.4 Å². The van der Waals surface area contributed by atoms with E-state index in [9.17, 15) is 0 Å². The summed E-state index contributed by atoms with van der Waals surface area (Å²) in [6.07, 6.45) is 0. The van der Waals surface area contributed by atoms with Crippen LogP contribution in [0.4, 0.5) is 17.1 Å². The van der Waals surface area contributed by atoms with E-state index in [4.69, 9.17) is 0 Å². The number of para-hydroxylation sites is 1. The van der Waals surface area contributed by atoms with Crippen LogP contribution in [0.15, 0.2) is 146 Å². The first-order valence-corrected chi connectivity index (χ1v) is 13.6. The van der Waals surface area contributed by atoms with Crippen molar-refractivity contribution in [3.05, 3.63) is 151 Å². The first-order chi connectivity index (χ1) is 19.0. The molecule has 190 valence electrons. The molecule has 0 aromatic heterocycles. The summed E-state index contributed by atoms with van der Waals surface area (Å²) < 4.78 is 0. The molecule has 1 heteroatoms. The predicted octanol–water partition coefficient (Wildman–Crippen LogP) is 10.9. The van der Waals surface area contributed by atoms with E-state index in [1.165, 1.54) is 38.6 Å². The van der Waals surface area contributed by atoms with Gasteiger partial charge >= 0.3 is 0 Å². The molecule has 6 rings (SSSR count). The lowest BCUT2D eigenvalue weighted by atomic mass is 9.85. The van der Waals surface area contributed by atoms with E-state index in [1.54, 1.807) is 0 Å². The average Bonchev–Trinajstić information content (AvgIpc) is 2.98. The monoisotopic (exact) mass is 503 g/mol. The second-order valence-electron chi connectivity index (χ2n) is 11.1. The summed E-state index contributed by atoms with van der Waals surface area (Å²) in [5, 5.41) is 2.54. The third kappa shape index (κ3) is 5.09. The van der Waals surface area contributed by atoms with E-state index in [0.29, 0.717) is 0 Å². The molecule has 1 nitrogen and oxygen atoms in total. The summed E-state index contributed by atoms with van der Waals surface area (Å²) in [5.74, 6) is 0. The molecule has 0 amide bonds. The van der Waals surface area contributed by atoms with Crippen molar-refractivity contribution in [1.82, 2.24) is 0 Å². The SMILES string of the molecule is CC(C)(C)c1cccc(-c2ccc(N(c3ccccc3)c3ccc(-c4cccc5ccccc45)cc3)cc2)c1. The van der Waals surface area contributed by atoms with Gasteiger partial charge in [-0.3, -0.25) is 0 Å². The number of fused-ring (bicyclic) bond motifs is 1. The fourth-order valence-electron chi connectivity index (χ4n) is 5.26. The highest BCUT2D eigenvalue weighted by atomic mass is 15.1. The van der Waals surface area contributed by atoms with Gasteiger partial charge in [0.25, 0.3) is 0 Å². The number of hydrogen-bond donors (Lipinski definition) is 0. The number of nitrogens with zero attached hydrogens (tertiary/aromatic N) is 1. The lowest BCUT2D eigenvalue weighted by Crippen LogP contribution is -2.10. The first kappa shape index (κ1) is 24.7. The Labute approximate surface area is 232 Å². The van der Waals surface area contributed by atoms with Gasteiger partial charge in [-0.25, -0.2) is 0 Å². The molecular weight excluding hydrogens is 470 g/mol. The van der Waals surface area contributed by atoms with Crippen molar-refractivity contribution in [2.75, 3.05) is 4.90 Å². The second kappa shape index (κ2) is 10.3. The number of rotatable bonds is 5. The third-order valence-corrected chi connectivity index (χ3v) is 7.43. The van der Waals surface area contributed by atoms with Gasteiger partial charge in [-0.1, -0.05) is 130 Å². The quantitative estimate of drug-likeness (QED) is 0.226. The smallest absolute Gasteiger partial charge is 0.0462 e. The fraction of sp³-hybridized carbons (Fsp3) is 0.105. The first-order valence-electron chi connectivity index (χ1n) is 13.6. The molecule has 6 aromatic rings. The Bertz CT molecular complexity index is 1700. The Morgan fingerprint density at radius 3 is 1.69 bits per heavy atom. The van der Waals surface area contributed by atoms with Crippen LogP contribution < -0.4 is 4.90 Å². The minimum absolute atomic E-state index is 0.123. The van der Waals surface area contributed by atoms with Crippen molar-refractivity contribution in [1.29, 1.82) is 0 Å². The van der Waals surface area contributed by atoms with Gasteiger partial charge in [0, 0.05) is 17.1 Å². The molecule has 0 bridgehead atoms. The van der Waals surface area contributed by atoms with Crippen LogP contribution in [-0.4, -0.2) is 0 Å². The van der Waals surface area contributed by atoms with Crippen molar-refractivity contribution in [3.63, 3.8) is 0 Å². The Kier molecular flexibility index (Phi) is 6.50. The molecule has 0 saturated heterocycles. The van der Waals surface area contributed by atoms with Crippen LogP contribution >= 0.6 is 0 Å². The standard InChI is InChI=1S/C38H33N/c1-38(2,3)32-14-9-13-31(27-32)28-19-23-34(24-20-28)39(33-15-5-4-6-16-33)35-25-21-30(22-26-35)37-18-10-12-29-11-7-8-17-36(29)37/h4-27H,1-3H3. The summed E-state index contributed by atoms with van der Waals surface area (Å²) in [6, 6.07) is 52.4. The topological polar surface area (TPSA) is 3.24 Å². The van der Waals surface area contributed by atoms with Gasteiger partial charge in [-0.15, -0.1) is 0 Å². The molecule has 0 radical (unpaired) electrons. The minimum atomic E-state index is 0.123. The molecule has 0 aliphatic carbocycles. The van der Waals surface area contributed by atoms with Crippen molar-refractivity contribution in [3.8, 4) is 22.3 Å². The molecule has 6 aromatic carbocycles. The Morgan fingerprint density at radius 1 is 0.436 bits per heavy atom. The summed E-state index contributed by atoms with van der Waals surface area (Å²) in [6.45, 7) is 6.79. The van der Waals surface area contributed by atoms with Gasteiger partial charge in [0.2, 0.25) is 0 Å². The fourth-order valence-corrected chi connectivity index (χ4v) is 5.26. The van der Waals surface area contributed by atoms with Gasteiger partial charge in [0.1, 0.15) is 0 Å². The zero-order valence-corrected chi connectivity index (χ0v) is 22.8. The molecule has 0 aliphatic heterocycles. The van der Waals surface area contributed by atoms with E-state index >= 15 is 0 Å². The molecule has 0 unspecified atom stereocenters. The van der Waals surface area contributed by atoms with Gasteiger partial charge in [-0.2, -0.15) is 0 Å². The molecule has 0 N–H and O–H groups in total. The highest BCUT2D eigenvalue weighted by molar-refractivity contribution is 5.97. The van der Waals surface area contributed by atoms with E-state index in [1.807, 2.05) is 0 Å². The summed E-state index contributed by atoms with van der Waals surface area (Å²) >= 11 is 0. The van der Waals surface area contributed by atoms with Crippen molar-refractivity contribution < 1.29 is 0 Å². The maximum atomic E-state index is 2.32. The zero-order chi connectivity index (χ0) is 26.8. The molecule has 0 fully saturated rings. The third-order valence-electron chi connectivity index (χ3n) is 7.43. The second-order valence-corrected chi connectivity index (χ2v) is 11.1. The lowest BCUT2D eigenvalue weighted by Gasteiger charge is -2.26. The van der Waals surface area contributed by atoms with Crippen LogP contribution in [0, 0.1) is 0 Å². The van der Waals surface area contributed by atoms with Gasteiger partial charge in [0.15, 0.2) is 0 Å². The van der Waals surface area contributed by atoms with E-state index in [0.717, 1.165) is 17.1 Å². The van der Waals surface area contributed by atoms with Crippen LogP contribution in [-0.2, 0) is 5.41 Å². The van der Waals surface area contributed by atoms with Crippen molar-refractivity contribution >= 4 is 27.8 Å². The molecule has 0 atom stereocenters. The van der Waals surface area contributed by atoms with Crippen LogP contribution in [0.3, 0.4) is 0 Å². The predicted molar refractivity (Wildman–Crippen MR) is 168 cm³/mol. The Hall–Kier alpha value is -4.62. The van der Waals surface area contributed by atoms with Crippen LogP contribution in [0.5, 0.6) is 0 Å². The molecule has 0 saturated carbocycles. The Balaban J connectivity index is 1.37. The largest absolute Gasteiger partial charge is 0.311 e. The average molecular weight is 504 g/mol. The normalized spacial score (nSPS) is 11.5. The zero-order valence-electron chi connectivity index (χ0n) is 22.8. The van der Waals surface area contributed by atoms with E-state index < -0.39 is 0 Å². The summed E-state index contributed by atoms with van der Waals surface area (Å²) in [4.78, 5) is 2.32. The summed E-state index contributed by atoms with van der Waals surface area (Å²) in [5.41, 5.74) is 9.83. The highest BCUT2D eigenvalue weighted by Crippen LogP contribution is 2.37. The van der Waals surface area contributed by atoms with Crippen molar-refractivity contribution in [2.45, 2.75) is 26.2 Å². The van der Waals surface area contributed by atoms with Crippen LogP contribution in [0.2, 0.25) is 0 Å². The molecular formula is C38H33N. The minimum Gasteiger partial charge on any atom is -0.311 e.